The molecule has 22 heavy (non-hydrogen) atoms. The molecule has 0 saturated heterocycles. The normalized spacial score (nSPS) is 9.73. The first-order valence-corrected chi connectivity index (χ1v) is 6.91. The Morgan fingerprint density at radius 3 is 2.95 bits per heavy atom. The molecule has 0 aliphatic heterocycles. The highest BCUT2D eigenvalue weighted by atomic mass is 35.5. The van der Waals surface area contributed by atoms with E-state index in [1.807, 2.05) is 0 Å². The lowest BCUT2D eigenvalue weighted by Crippen LogP contribution is -2.20. The zero-order chi connectivity index (χ0) is 15.9. The van der Waals surface area contributed by atoms with E-state index in [4.69, 9.17) is 16.3 Å². The molecule has 7 nitrogen and oxygen atoms in total. The summed E-state index contributed by atoms with van der Waals surface area (Å²) in [4.78, 5) is 20.2. The van der Waals surface area contributed by atoms with Crippen LogP contribution >= 0.6 is 23.8 Å². The van der Waals surface area contributed by atoms with Crippen LogP contribution < -0.4 is 20.9 Å². The van der Waals surface area contributed by atoms with Crippen LogP contribution in [0.1, 0.15) is 10.4 Å². The summed E-state index contributed by atoms with van der Waals surface area (Å²) < 4.78 is 5.07. The second kappa shape index (κ2) is 7.53. The molecule has 0 unspecified atom stereocenters. The van der Waals surface area contributed by atoms with Gasteiger partial charge in [-0.05, 0) is 18.2 Å². The van der Waals surface area contributed by atoms with Gasteiger partial charge in [0.25, 0.3) is 5.91 Å². The second-order valence-corrected chi connectivity index (χ2v) is 4.60. The van der Waals surface area contributed by atoms with E-state index in [0.29, 0.717) is 22.9 Å². The highest BCUT2D eigenvalue weighted by Crippen LogP contribution is 2.23. The van der Waals surface area contributed by atoms with Crippen molar-refractivity contribution in [3.05, 3.63) is 41.2 Å². The van der Waals surface area contributed by atoms with Crippen molar-refractivity contribution < 1.29 is 9.53 Å². The first kappa shape index (κ1) is 15.9. The van der Waals surface area contributed by atoms with Crippen molar-refractivity contribution in [2.24, 2.45) is 0 Å². The van der Waals surface area contributed by atoms with Gasteiger partial charge in [-0.1, -0.05) is 23.8 Å². The number of nitrogens with zero attached hydrogens (tertiary/aromatic N) is 2. The number of hydrogen-bond donors (Lipinski definition) is 3. The number of rotatable bonds is 6. The van der Waals surface area contributed by atoms with E-state index in [1.165, 1.54) is 24.9 Å². The van der Waals surface area contributed by atoms with Gasteiger partial charge in [-0.15, -0.1) is 0 Å². The molecule has 0 radical (unpaired) electrons. The fraction of sp³-hybridized carbons (Fsp3) is 0.0769. The van der Waals surface area contributed by atoms with Crippen LogP contribution in [0, 0.1) is 0 Å². The third kappa shape index (κ3) is 3.80. The average molecular weight is 338 g/mol. The van der Waals surface area contributed by atoms with Crippen molar-refractivity contribution in [3.63, 3.8) is 0 Å². The number of anilines is 2. The van der Waals surface area contributed by atoms with Gasteiger partial charge in [0.1, 0.15) is 5.69 Å². The summed E-state index contributed by atoms with van der Waals surface area (Å²) in [7, 11) is 1.47. The van der Waals surface area contributed by atoms with E-state index < -0.39 is 0 Å². The second-order valence-electron chi connectivity index (χ2n) is 3.96. The maximum absolute atomic E-state index is 12.2. The molecule has 0 atom stereocenters. The number of thiocarbonyl (C=S) groups is 1. The van der Waals surface area contributed by atoms with Gasteiger partial charge >= 0.3 is 0 Å². The Morgan fingerprint density at radius 2 is 2.27 bits per heavy atom. The summed E-state index contributed by atoms with van der Waals surface area (Å²) >= 11 is 10.6. The maximum Gasteiger partial charge on any atom is 0.257 e. The number of carbonyl (C=O) groups excluding carboxylic acids is 1. The van der Waals surface area contributed by atoms with Crippen LogP contribution in [0.5, 0.6) is 5.88 Å². The summed E-state index contributed by atoms with van der Waals surface area (Å²) in [5.74, 6) is 0.298. The zero-order valence-electron chi connectivity index (χ0n) is 11.5. The Morgan fingerprint density at radius 1 is 1.45 bits per heavy atom. The molecule has 2 heterocycles. The van der Waals surface area contributed by atoms with Crippen LogP contribution in [-0.4, -0.2) is 28.5 Å². The van der Waals surface area contributed by atoms with Crippen molar-refractivity contribution in [1.29, 1.82) is 0 Å². The smallest absolute Gasteiger partial charge is 0.257 e. The first-order valence-electron chi connectivity index (χ1n) is 6.06. The third-order valence-electron chi connectivity index (χ3n) is 2.57. The molecule has 0 aliphatic rings. The number of pyridine rings is 2. The van der Waals surface area contributed by atoms with Gasteiger partial charge in [0.15, 0.2) is 5.82 Å². The highest BCUT2D eigenvalue weighted by molar-refractivity contribution is 7.78. The summed E-state index contributed by atoms with van der Waals surface area (Å²) in [6.45, 7) is 0. The number of halogens is 1. The standard InChI is InChI=1S/C13H12ClN5O2S/c1-21-13-10(3-2-4-15-13)18-12(20)8-5-9(14)11(16-6-8)19-17-7-22/h2-7H,1H3,(H,16,19)(H,17,22)(H,18,20). The monoisotopic (exact) mass is 337 g/mol. The molecule has 114 valence electrons. The predicted molar refractivity (Wildman–Crippen MR) is 88.4 cm³/mol. The number of hydrazine groups is 1. The molecule has 9 heteroatoms. The topological polar surface area (TPSA) is 88.2 Å². The zero-order valence-corrected chi connectivity index (χ0v) is 13.0. The molecule has 0 bridgehead atoms. The van der Waals surface area contributed by atoms with Crippen molar-refractivity contribution >= 4 is 46.7 Å². The summed E-state index contributed by atoms with van der Waals surface area (Å²) in [5, 5.41) is 2.96. The van der Waals surface area contributed by atoms with E-state index in [1.54, 1.807) is 18.3 Å². The van der Waals surface area contributed by atoms with Crippen LogP contribution in [0.3, 0.4) is 0 Å². The first-order chi connectivity index (χ1) is 10.7. The number of carbonyl (C=O) groups is 1. The van der Waals surface area contributed by atoms with Gasteiger partial charge in [0.05, 0.1) is 23.2 Å². The summed E-state index contributed by atoms with van der Waals surface area (Å²) in [5.41, 5.74) is 7.28. The number of methoxy groups -OCH3 is 1. The lowest BCUT2D eigenvalue weighted by Gasteiger charge is -2.10. The van der Waals surface area contributed by atoms with Crippen LogP contribution in [0.25, 0.3) is 0 Å². The molecule has 2 aromatic rings. The Kier molecular flexibility index (Phi) is 5.45. The van der Waals surface area contributed by atoms with Gasteiger partial charge in [-0.25, -0.2) is 9.97 Å². The number of aromatic nitrogens is 2. The predicted octanol–water partition coefficient (Wildman–Crippen LogP) is 2.26. The molecule has 2 rings (SSSR count). The number of ether oxygens (including phenoxy) is 1. The van der Waals surface area contributed by atoms with Gasteiger partial charge in [-0.2, -0.15) is 0 Å². The molecular formula is C13H12ClN5O2S. The molecule has 0 saturated carbocycles. The lowest BCUT2D eigenvalue weighted by atomic mass is 10.2. The van der Waals surface area contributed by atoms with E-state index in [0.717, 1.165) is 0 Å². The van der Waals surface area contributed by atoms with Gasteiger partial charge < -0.3 is 10.1 Å². The summed E-state index contributed by atoms with van der Waals surface area (Å²) in [6.07, 6.45) is 2.95. The molecule has 2 aromatic heterocycles. The molecular weight excluding hydrogens is 326 g/mol. The fourth-order valence-electron chi connectivity index (χ4n) is 1.59. The third-order valence-corrected chi connectivity index (χ3v) is 2.97. The minimum Gasteiger partial charge on any atom is -0.480 e. The van der Waals surface area contributed by atoms with Crippen molar-refractivity contribution in [2.45, 2.75) is 0 Å². The SMILES string of the molecule is COc1ncccc1NC(=O)c1cnc(NNC=S)c(Cl)c1. The van der Waals surface area contributed by atoms with Crippen molar-refractivity contribution in [3.8, 4) is 5.88 Å². The molecule has 0 aliphatic carbocycles. The van der Waals surface area contributed by atoms with E-state index in [2.05, 4.69) is 38.4 Å². The number of hydrogen-bond acceptors (Lipinski definition) is 6. The van der Waals surface area contributed by atoms with Gasteiger partial charge in [0, 0.05) is 12.4 Å². The minimum absolute atomic E-state index is 0.273. The maximum atomic E-state index is 12.2. The van der Waals surface area contributed by atoms with Crippen LogP contribution in [0.15, 0.2) is 30.6 Å². The average Bonchev–Trinajstić information content (AvgIpc) is 2.54. The quantitative estimate of drug-likeness (QED) is 0.550. The van der Waals surface area contributed by atoms with Crippen LogP contribution in [-0.2, 0) is 0 Å². The Labute approximate surface area is 137 Å². The van der Waals surface area contributed by atoms with Crippen molar-refractivity contribution in [2.75, 3.05) is 17.9 Å². The van der Waals surface area contributed by atoms with Gasteiger partial charge in [0.2, 0.25) is 5.88 Å². The minimum atomic E-state index is -0.380. The highest BCUT2D eigenvalue weighted by Gasteiger charge is 2.12. The lowest BCUT2D eigenvalue weighted by molar-refractivity contribution is 0.102. The van der Waals surface area contributed by atoms with Crippen molar-refractivity contribution in [1.82, 2.24) is 15.4 Å². The largest absolute Gasteiger partial charge is 0.480 e. The molecule has 3 N–H and O–H groups in total. The van der Waals surface area contributed by atoms with Crippen LogP contribution in [0.4, 0.5) is 11.5 Å². The van der Waals surface area contributed by atoms with E-state index in [9.17, 15) is 4.79 Å². The fourth-order valence-corrected chi connectivity index (χ4v) is 1.87. The molecule has 0 spiro atoms. The molecule has 0 aromatic carbocycles. The summed E-state index contributed by atoms with van der Waals surface area (Å²) in [6, 6.07) is 4.85. The van der Waals surface area contributed by atoms with Crippen LogP contribution in [0.2, 0.25) is 5.02 Å². The number of amides is 1. The molecule has 0 fully saturated rings. The Balaban J connectivity index is 2.16. The Bertz CT molecular complexity index is 698. The Hall–Kier alpha value is -2.45. The van der Waals surface area contributed by atoms with E-state index in [-0.39, 0.29) is 10.9 Å². The number of nitrogens with one attached hydrogen (secondary N) is 3. The van der Waals surface area contributed by atoms with E-state index >= 15 is 0 Å². The van der Waals surface area contributed by atoms with Gasteiger partial charge in [-0.3, -0.25) is 15.6 Å². The molecule has 1 amide bonds.